The predicted molar refractivity (Wildman–Crippen MR) is 87.6 cm³/mol. The van der Waals surface area contributed by atoms with Gasteiger partial charge in [-0.1, -0.05) is 6.92 Å². The molecule has 1 aromatic carbocycles. The Hall–Kier alpha value is -1.05. The molecule has 1 fully saturated rings. The number of hydrogen-bond acceptors (Lipinski definition) is 4. The van der Waals surface area contributed by atoms with E-state index in [0.29, 0.717) is 36.9 Å². The van der Waals surface area contributed by atoms with Crippen molar-refractivity contribution in [2.24, 2.45) is 5.92 Å². The molecule has 120 valence electrons. The van der Waals surface area contributed by atoms with Crippen LogP contribution in [0.25, 0.3) is 0 Å². The quantitative estimate of drug-likeness (QED) is 0.898. The number of hydrogen-bond donors (Lipinski definition) is 1. The van der Waals surface area contributed by atoms with Gasteiger partial charge in [0.15, 0.2) is 0 Å². The number of anilines is 1. The van der Waals surface area contributed by atoms with E-state index < -0.39 is 10.0 Å². The molecule has 22 heavy (non-hydrogen) atoms. The number of amides is 1. The van der Waals surface area contributed by atoms with Gasteiger partial charge in [-0.25, -0.2) is 8.42 Å². The Kier molecular flexibility index (Phi) is 4.47. The van der Waals surface area contributed by atoms with E-state index in [4.69, 9.17) is 0 Å². The van der Waals surface area contributed by atoms with E-state index in [1.807, 2.05) is 0 Å². The Balaban J connectivity index is 1.92. The normalized spacial score (nSPS) is 23.5. The number of rotatable bonds is 2. The van der Waals surface area contributed by atoms with Crippen molar-refractivity contribution in [3.05, 3.63) is 18.2 Å². The Labute approximate surface area is 135 Å². The largest absolute Gasteiger partial charge is 0.325 e. The van der Waals surface area contributed by atoms with Gasteiger partial charge in [0.25, 0.3) is 0 Å². The lowest BCUT2D eigenvalue weighted by Gasteiger charge is -2.30. The van der Waals surface area contributed by atoms with Crippen LogP contribution in [0.4, 0.5) is 5.69 Å². The lowest BCUT2D eigenvalue weighted by atomic mass is 10.0. The van der Waals surface area contributed by atoms with Crippen molar-refractivity contribution in [3.63, 3.8) is 0 Å². The number of fused-ring (bicyclic) bond motifs is 1. The molecule has 0 spiro atoms. The van der Waals surface area contributed by atoms with Crippen LogP contribution in [0.15, 0.2) is 28.0 Å². The average Bonchev–Trinajstić information content (AvgIpc) is 2.67. The van der Waals surface area contributed by atoms with Gasteiger partial charge in [-0.05, 0) is 37.0 Å². The summed E-state index contributed by atoms with van der Waals surface area (Å²) in [5, 5.41) is 2.80. The number of carbonyl (C=O) groups excluding carboxylic acids is 1. The lowest BCUT2D eigenvalue weighted by Crippen LogP contribution is -2.39. The second kappa shape index (κ2) is 6.22. The average molecular weight is 340 g/mol. The molecule has 0 aliphatic carbocycles. The fourth-order valence-corrected chi connectivity index (χ4v) is 5.44. The van der Waals surface area contributed by atoms with Crippen LogP contribution in [0.1, 0.15) is 26.2 Å². The van der Waals surface area contributed by atoms with Crippen LogP contribution in [0.5, 0.6) is 0 Å². The number of sulfonamides is 1. The summed E-state index contributed by atoms with van der Waals surface area (Å²) in [4.78, 5) is 12.9. The molecule has 1 N–H and O–H groups in total. The molecule has 2 heterocycles. The third-order valence-electron chi connectivity index (χ3n) is 4.07. The van der Waals surface area contributed by atoms with Crippen LogP contribution in [0, 0.1) is 5.92 Å². The minimum atomic E-state index is -3.49. The number of nitrogens with one attached hydrogen (secondary N) is 1. The summed E-state index contributed by atoms with van der Waals surface area (Å²) in [6.45, 7) is 3.22. The number of thioether (sulfide) groups is 1. The van der Waals surface area contributed by atoms with Crippen molar-refractivity contribution in [2.75, 3.05) is 24.2 Å². The lowest BCUT2D eigenvalue weighted by molar-refractivity contribution is -0.115. The molecule has 2 aliphatic rings. The number of nitrogens with zero attached hydrogens (tertiary/aromatic N) is 1. The fourth-order valence-electron chi connectivity index (χ4n) is 2.87. The highest BCUT2D eigenvalue weighted by Gasteiger charge is 2.29. The molecule has 0 unspecified atom stereocenters. The van der Waals surface area contributed by atoms with Crippen LogP contribution >= 0.6 is 11.8 Å². The maximum atomic E-state index is 12.8. The summed E-state index contributed by atoms with van der Waals surface area (Å²) in [5.74, 6) is 1.04. The van der Waals surface area contributed by atoms with Crippen molar-refractivity contribution in [1.29, 1.82) is 0 Å². The molecule has 3 rings (SSSR count). The first kappa shape index (κ1) is 15.8. The summed E-state index contributed by atoms with van der Waals surface area (Å²) in [7, 11) is -3.49. The maximum absolute atomic E-state index is 12.8. The van der Waals surface area contributed by atoms with Gasteiger partial charge in [-0.15, -0.1) is 11.8 Å². The van der Waals surface area contributed by atoms with Gasteiger partial charge in [-0.3, -0.25) is 4.79 Å². The van der Waals surface area contributed by atoms with Crippen LogP contribution in [-0.4, -0.2) is 37.5 Å². The maximum Gasteiger partial charge on any atom is 0.243 e. The van der Waals surface area contributed by atoms with Crippen molar-refractivity contribution in [3.8, 4) is 0 Å². The highest BCUT2D eigenvalue weighted by atomic mass is 32.2. The molecule has 5 nitrogen and oxygen atoms in total. The molecule has 1 amide bonds. The van der Waals surface area contributed by atoms with E-state index in [2.05, 4.69) is 12.2 Å². The smallest absolute Gasteiger partial charge is 0.243 e. The van der Waals surface area contributed by atoms with E-state index in [1.54, 1.807) is 34.3 Å². The highest BCUT2D eigenvalue weighted by molar-refractivity contribution is 7.99. The minimum absolute atomic E-state index is 0.0626. The van der Waals surface area contributed by atoms with Gasteiger partial charge in [0.2, 0.25) is 15.9 Å². The zero-order valence-electron chi connectivity index (χ0n) is 12.5. The van der Waals surface area contributed by atoms with Gasteiger partial charge in [0, 0.05) is 30.2 Å². The molecular formula is C15H20N2O3S2. The molecule has 1 aromatic rings. The van der Waals surface area contributed by atoms with Gasteiger partial charge >= 0.3 is 0 Å². The number of piperidine rings is 1. The van der Waals surface area contributed by atoms with Crippen LogP contribution in [-0.2, 0) is 14.8 Å². The molecule has 1 saturated heterocycles. The topological polar surface area (TPSA) is 66.5 Å². The molecular weight excluding hydrogens is 320 g/mol. The molecule has 0 bridgehead atoms. The molecule has 7 heteroatoms. The van der Waals surface area contributed by atoms with Crippen LogP contribution < -0.4 is 5.32 Å². The first-order valence-corrected chi connectivity index (χ1v) is 9.96. The Bertz CT molecular complexity index is 688. The first-order valence-electron chi connectivity index (χ1n) is 7.53. The van der Waals surface area contributed by atoms with E-state index in [0.717, 1.165) is 17.7 Å². The Morgan fingerprint density at radius 2 is 2.18 bits per heavy atom. The summed E-state index contributed by atoms with van der Waals surface area (Å²) in [6, 6.07) is 5.05. The van der Waals surface area contributed by atoms with Crippen LogP contribution in [0.2, 0.25) is 0 Å². The van der Waals surface area contributed by atoms with Crippen molar-refractivity contribution in [2.45, 2.75) is 36.0 Å². The first-order chi connectivity index (χ1) is 10.5. The van der Waals surface area contributed by atoms with Crippen molar-refractivity contribution >= 4 is 33.4 Å². The standard InChI is InChI=1S/C15H20N2O3S2/c1-11-3-2-7-17(10-11)22(19,20)12-4-5-14-13(9-12)16-15(18)6-8-21-14/h4-5,9,11H,2-3,6-8,10H2,1H3,(H,16,18)/t11-/m0/s1. The second-order valence-electron chi connectivity index (χ2n) is 5.92. The Morgan fingerprint density at radius 1 is 1.36 bits per heavy atom. The third kappa shape index (κ3) is 3.16. The van der Waals surface area contributed by atoms with Gasteiger partial charge < -0.3 is 5.32 Å². The van der Waals surface area contributed by atoms with E-state index in [-0.39, 0.29) is 10.8 Å². The number of carbonyl (C=O) groups is 1. The zero-order chi connectivity index (χ0) is 15.7. The molecule has 2 aliphatic heterocycles. The summed E-state index contributed by atoms with van der Waals surface area (Å²) in [5.41, 5.74) is 0.610. The van der Waals surface area contributed by atoms with Crippen molar-refractivity contribution < 1.29 is 13.2 Å². The predicted octanol–water partition coefficient (Wildman–Crippen LogP) is 2.54. The van der Waals surface area contributed by atoms with Crippen LogP contribution in [0.3, 0.4) is 0 Å². The summed E-state index contributed by atoms with van der Waals surface area (Å²) in [6.07, 6.45) is 2.42. The number of benzene rings is 1. The molecule has 1 atom stereocenters. The SMILES string of the molecule is C[C@H]1CCCN(S(=O)(=O)c2ccc3c(c2)NC(=O)CCS3)C1. The minimum Gasteiger partial charge on any atom is -0.325 e. The monoisotopic (exact) mass is 340 g/mol. The van der Waals surface area contributed by atoms with E-state index in [9.17, 15) is 13.2 Å². The highest BCUT2D eigenvalue weighted by Crippen LogP contribution is 2.34. The third-order valence-corrected chi connectivity index (χ3v) is 7.01. The second-order valence-corrected chi connectivity index (χ2v) is 8.99. The van der Waals surface area contributed by atoms with Gasteiger partial charge in [0.1, 0.15) is 0 Å². The molecule has 0 radical (unpaired) electrons. The molecule has 0 saturated carbocycles. The zero-order valence-corrected chi connectivity index (χ0v) is 14.2. The summed E-state index contributed by atoms with van der Waals surface area (Å²) >= 11 is 1.58. The molecule has 0 aromatic heterocycles. The van der Waals surface area contributed by atoms with Gasteiger partial charge in [0.05, 0.1) is 10.6 Å². The van der Waals surface area contributed by atoms with Crippen molar-refractivity contribution in [1.82, 2.24) is 4.31 Å². The summed E-state index contributed by atoms with van der Waals surface area (Å²) < 4.78 is 27.1. The van der Waals surface area contributed by atoms with Gasteiger partial charge in [-0.2, -0.15) is 4.31 Å². The van der Waals surface area contributed by atoms with E-state index in [1.165, 1.54) is 0 Å². The van der Waals surface area contributed by atoms with E-state index >= 15 is 0 Å². The fraction of sp³-hybridized carbons (Fsp3) is 0.533. The Morgan fingerprint density at radius 3 is 2.95 bits per heavy atom.